The van der Waals surface area contributed by atoms with E-state index in [1.54, 1.807) is 6.92 Å². The molecular weight excluding hydrogens is 228 g/mol. The first-order valence-electron chi connectivity index (χ1n) is 3.98. The summed E-state index contributed by atoms with van der Waals surface area (Å²) in [5, 5.41) is 23.7. The lowest BCUT2D eigenvalue weighted by atomic mass is 10.2. The van der Waals surface area contributed by atoms with Crippen LogP contribution in [-0.2, 0) is 14.9 Å². The van der Waals surface area contributed by atoms with Crippen molar-refractivity contribution in [3.8, 4) is 0 Å². The average Bonchev–Trinajstić information content (AvgIpc) is 1.99. The first kappa shape index (κ1) is 19.8. The summed E-state index contributed by atoms with van der Waals surface area (Å²) >= 11 is 0. The van der Waals surface area contributed by atoms with Crippen molar-refractivity contribution in [3.05, 3.63) is 0 Å². The van der Waals surface area contributed by atoms with E-state index >= 15 is 0 Å². The Kier molecular flexibility index (Phi) is 17.6. The molecule has 1 atom stereocenters. The van der Waals surface area contributed by atoms with E-state index in [4.69, 9.17) is 24.7 Å². The Labute approximate surface area is 89.1 Å². The van der Waals surface area contributed by atoms with Crippen LogP contribution in [0.3, 0.4) is 0 Å². The topological polar surface area (TPSA) is 132 Å². The van der Waals surface area contributed by atoms with E-state index in [1.165, 1.54) is 0 Å². The Morgan fingerprint density at radius 3 is 1.73 bits per heavy atom. The maximum absolute atomic E-state index is 9.19. The zero-order valence-corrected chi connectivity index (χ0v) is 9.51. The molecule has 0 bridgehead atoms. The molecule has 1 unspecified atom stereocenters. The molecule has 0 saturated heterocycles. The van der Waals surface area contributed by atoms with Gasteiger partial charge in [0.15, 0.2) is 0 Å². The zero-order chi connectivity index (χ0) is 12.9. The molecule has 0 aromatic rings. The summed E-state index contributed by atoms with van der Waals surface area (Å²) in [7, 11) is -3.67. The van der Waals surface area contributed by atoms with Crippen LogP contribution in [0, 0.1) is 0 Å². The van der Waals surface area contributed by atoms with Gasteiger partial charge in [-0.25, -0.2) is 0 Å². The lowest BCUT2D eigenvalue weighted by Gasteiger charge is -1.98. The van der Waals surface area contributed by atoms with Crippen LogP contribution in [0.15, 0.2) is 0 Å². The van der Waals surface area contributed by atoms with E-state index < -0.39 is 10.1 Å². The summed E-state index contributed by atoms with van der Waals surface area (Å²) < 4.78 is 25.9. The minimum atomic E-state index is -3.67. The molecule has 0 aliphatic rings. The second-order valence-electron chi connectivity index (χ2n) is 2.55. The number of aliphatic hydroxyl groups excluding tert-OH is 2. The zero-order valence-electron chi connectivity index (χ0n) is 8.70. The van der Waals surface area contributed by atoms with Crippen LogP contribution in [0.25, 0.3) is 0 Å². The smallest absolute Gasteiger partial charge is 0.290 e. The summed E-state index contributed by atoms with van der Waals surface area (Å²) in [6.07, 6.45) is 1.87. The molecule has 0 spiro atoms. The van der Waals surface area contributed by atoms with Crippen LogP contribution in [-0.4, -0.2) is 53.7 Å². The fourth-order valence-electron chi connectivity index (χ4n) is 0.387. The van der Waals surface area contributed by atoms with E-state index in [9.17, 15) is 8.42 Å². The average molecular weight is 246 g/mol. The Bertz CT molecular complexity index is 201. The third-order valence-electron chi connectivity index (χ3n) is 0.780. The van der Waals surface area contributed by atoms with Crippen molar-refractivity contribution in [3.63, 3.8) is 0 Å². The van der Waals surface area contributed by atoms with Crippen LogP contribution in [0.1, 0.15) is 19.8 Å². The number of carbonyl (C=O) groups is 1. The van der Waals surface area contributed by atoms with Crippen molar-refractivity contribution in [1.82, 2.24) is 0 Å². The van der Waals surface area contributed by atoms with E-state index in [2.05, 4.69) is 0 Å². The Morgan fingerprint density at radius 2 is 1.67 bits per heavy atom. The molecule has 0 aliphatic carbocycles. The van der Waals surface area contributed by atoms with Crippen LogP contribution in [0.2, 0.25) is 0 Å². The van der Waals surface area contributed by atoms with Crippen LogP contribution < -0.4 is 0 Å². The summed E-state index contributed by atoms with van der Waals surface area (Å²) in [5.74, 6) is 0. The van der Waals surface area contributed by atoms with Gasteiger partial charge in [0.1, 0.15) is 0 Å². The normalized spacial score (nSPS) is 11.3. The summed E-state index contributed by atoms with van der Waals surface area (Å²) in [4.78, 5) is 8.36. The lowest BCUT2D eigenvalue weighted by molar-refractivity contribution is -0.122. The minimum Gasteiger partial charge on any atom is -0.483 e. The standard InChI is InChI=1S/C5H12O2.CH4O3S.CH2O2/c1-5(7)3-2-4-6;1-5(2,3)4;2-1-3/h5-7H,2-4H2,1H3;1H3,(H,2,3,4);1H,(H,2,3). The van der Waals surface area contributed by atoms with Gasteiger partial charge in [-0.15, -0.1) is 0 Å². The first-order chi connectivity index (χ1) is 6.68. The van der Waals surface area contributed by atoms with Crippen molar-refractivity contribution >= 4 is 16.6 Å². The van der Waals surface area contributed by atoms with E-state index in [1.807, 2.05) is 0 Å². The summed E-state index contributed by atoms with van der Waals surface area (Å²) in [6.45, 7) is 1.65. The van der Waals surface area contributed by atoms with E-state index in [-0.39, 0.29) is 19.2 Å². The van der Waals surface area contributed by atoms with Crippen molar-refractivity contribution < 1.29 is 33.1 Å². The number of hydrogen-bond donors (Lipinski definition) is 4. The summed E-state index contributed by atoms with van der Waals surface area (Å²) in [5.41, 5.74) is 0. The predicted molar refractivity (Wildman–Crippen MR) is 54.2 cm³/mol. The highest BCUT2D eigenvalue weighted by molar-refractivity contribution is 7.85. The highest BCUT2D eigenvalue weighted by atomic mass is 32.2. The van der Waals surface area contributed by atoms with Crippen molar-refractivity contribution in [1.29, 1.82) is 0 Å². The number of hydrogen-bond acceptors (Lipinski definition) is 5. The number of aliphatic hydroxyl groups is 2. The maximum atomic E-state index is 9.19. The molecule has 8 heteroatoms. The van der Waals surface area contributed by atoms with Crippen molar-refractivity contribution in [2.24, 2.45) is 0 Å². The van der Waals surface area contributed by atoms with Crippen LogP contribution >= 0.6 is 0 Å². The first-order valence-corrected chi connectivity index (χ1v) is 5.83. The molecule has 0 fully saturated rings. The van der Waals surface area contributed by atoms with Gasteiger partial charge in [-0.1, -0.05) is 0 Å². The Hall–Kier alpha value is -0.700. The second kappa shape index (κ2) is 13.3. The van der Waals surface area contributed by atoms with Gasteiger partial charge in [0, 0.05) is 6.61 Å². The van der Waals surface area contributed by atoms with Gasteiger partial charge < -0.3 is 15.3 Å². The Balaban J connectivity index is -0.000000158. The molecule has 0 aliphatic heterocycles. The number of rotatable bonds is 3. The second-order valence-corrected chi connectivity index (χ2v) is 4.02. The van der Waals surface area contributed by atoms with Gasteiger partial charge >= 0.3 is 0 Å². The highest BCUT2D eigenvalue weighted by Gasteiger charge is 1.91. The van der Waals surface area contributed by atoms with Gasteiger partial charge in [0.25, 0.3) is 16.6 Å². The fourth-order valence-corrected chi connectivity index (χ4v) is 0.387. The molecule has 7 nitrogen and oxygen atoms in total. The monoisotopic (exact) mass is 246 g/mol. The molecule has 0 saturated carbocycles. The predicted octanol–water partition coefficient (Wildman–Crippen LogP) is -0.655. The molecule has 0 aromatic carbocycles. The van der Waals surface area contributed by atoms with Gasteiger partial charge in [-0.3, -0.25) is 9.35 Å². The molecule has 0 heterocycles. The highest BCUT2D eigenvalue weighted by Crippen LogP contribution is 1.92. The molecule has 0 radical (unpaired) electrons. The maximum Gasteiger partial charge on any atom is 0.290 e. The van der Waals surface area contributed by atoms with Crippen molar-refractivity contribution in [2.45, 2.75) is 25.9 Å². The van der Waals surface area contributed by atoms with Gasteiger partial charge in [-0.05, 0) is 19.8 Å². The van der Waals surface area contributed by atoms with E-state index in [0.717, 1.165) is 0 Å². The minimum absolute atomic E-state index is 0.185. The molecule has 0 aromatic heterocycles. The molecule has 94 valence electrons. The molecule has 4 N–H and O–H groups in total. The SMILES string of the molecule is CC(O)CCCO.CS(=O)(=O)O.O=CO. The molecular formula is C7H18O7S. The van der Waals surface area contributed by atoms with Crippen LogP contribution in [0.4, 0.5) is 0 Å². The quantitative estimate of drug-likeness (QED) is 0.384. The third kappa shape index (κ3) is 156. The van der Waals surface area contributed by atoms with Gasteiger partial charge in [-0.2, -0.15) is 8.42 Å². The fraction of sp³-hybridized carbons (Fsp3) is 0.857. The van der Waals surface area contributed by atoms with E-state index in [0.29, 0.717) is 19.1 Å². The van der Waals surface area contributed by atoms with Gasteiger partial charge in [0.05, 0.1) is 12.4 Å². The lowest BCUT2D eigenvalue weighted by Crippen LogP contribution is -1.99. The largest absolute Gasteiger partial charge is 0.483 e. The van der Waals surface area contributed by atoms with Crippen LogP contribution in [0.5, 0.6) is 0 Å². The molecule has 15 heavy (non-hydrogen) atoms. The Morgan fingerprint density at radius 1 is 1.40 bits per heavy atom. The third-order valence-corrected chi connectivity index (χ3v) is 0.780. The summed E-state index contributed by atoms with van der Waals surface area (Å²) in [6, 6.07) is 0. The van der Waals surface area contributed by atoms with Gasteiger partial charge in [0.2, 0.25) is 0 Å². The molecule has 0 amide bonds. The molecule has 0 rings (SSSR count). The van der Waals surface area contributed by atoms with Crippen molar-refractivity contribution in [2.75, 3.05) is 12.9 Å². The number of carboxylic acid groups (broad SMARTS) is 1.